The van der Waals surface area contributed by atoms with Crippen LogP contribution in [0.15, 0.2) is 12.1 Å². The minimum absolute atomic E-state index is 0.519. The van der Waals surface area contributed by atoms with E-state index in [0.717, 1.165) is 33.9 Å². The number of hydrogen-bond donors (Lipinski definition) is 0. The molecule has 0 bridgehead atoms. The second kappa shape index (κ2) is 5.01. The third kappa shape index (κ3) is 2.46. The van der Waals surface area contributed by atoms with Gasteiger partial charge in [0.15, 0.2) is 11.5 Å². The van der Waals surface area contributed by atoms with Crippen LogP contribution in [0.5, 0.6) is 11.5 Å². The molecule has 1 aliphatic heterocycles. The zero-order chi connectivity index (χ0) is 13.2. The minimum atomic E-state index is 0.519. The van der Waals surface area contributed by atoms with Gasteiger partial charge in [-0.25, -0.2) is 9.97 Å². The standard InChI is InChI=1S/C14H16N2O3/c1-9-11-7-13-14(8-12(11)16-10(2)15-9)19-6-4-17-3-5-18-13/h7-8H,3-6H2,1-2H3. The van der Waals surface area contributed by atoms with Crippen molar-refractivity contribution in [2.75, 3.05) is 26.4 Å². The number of nitrogens with zero attached hydrogens (tertiary/aromatic N) is 2. The van der Waals surface area contributed by atoms with E-state index in [9.17, 15) is 0 Å². The van der Waals surface area contributed by atoms with Crippen molar-refractivity contribution >= 4 is 10.9 Å². The van der Waals surface area contributed by atoms with E-state index in [2.05, 4.69) is 9.97 Å². The van der Waals surface area contributed by atoms with Crippen LogP contribution in [-0.4, -0.2) is 36.4 Å². The van der Waals surface area contributed by atoms with Gasteiger partial charge in [-0.05, 0) is 19.9 Å². The highest BCUT2D eigenvalue weighted by Crippen LogP contribution is 2.33. The summed E-state index contributed by atoms with van der Waals surface area (Å²) < 4.78 is 16.7. The van der Waals surface area contributed by atoms with E-state index < -0.39 is 0 Å². The Balaban J connectivity index is 2.13. The van der Waals surface area contributed by atoms with Gasteiger partial charge in [0.2, 0.25) is 0 Å². The van der Waals surface area contributed by atoms with Crippen LogP contribution in [0.4, 0.5) is 0 Å². The molecule has 0 saturated heterocycles. The summed E-state index contributed by atoms with van der Waals surface area (Å²) in [5.74, 6) is 2.21. The minimum Gasteiger partial charge on any atom is -0.487 e. The second-order valence-electron chi connectivity index (χ2n) is 4.48. The number of rotatable bonds is 0. The molecule has 0 amide bonds. The molecule has 0 N–H and O–H groups in total. The molecule has 0 saturated carbocycles. The van der Waals surface area contributed by atoms with E-state index in [0.29, 0.717) is 26.4 Å². The molecule has 3 rings (SSSR count). The molecule has 0 atom stereocenters. The SMILES string of the molecule is Cc1nc(C)c2cc3c(cc2n1)OCCOCCO3. The predicted molar refractivity (Wildman–Crippen MR) is 70.8 cm³/mol. The van der Waals surface area contributed by atoms with E-state index in [4.69, 9.17) is 14.2 Å². The maximum atomic E-state index is 5.70. The Morgan fingerprint density at radius 1 is 0.895 bits per heavy atom. The number of benzene rings is 1. The topological polar surface area (TPSA) is 53.5 Å². The van der Waals surface area contributed by atoms with Crippen LogP contribution in [0, 0.1) is 13.8 Å². The highest BCUT2D eigenvalue weighted by molar-refractivity contribution is 5.84. The lowest BCUT2D eigenvalue weighted by atomic mass is 10.1. The zero-order valence-corrected chi connectivity index (χ0v) is 11.1. The molecule has 0 aliphatic carbocycles. The van der Waals surface area contributed by atoms with Crippen molar-refractivity contribution in [3.05, 3.63) is 23.7 Å². The fourth-order valence-corrected chi connectivity index (χ4v) is 2.18. The van der Waals surface area contributed by atoms with Crippen LogP contribution >= 0.6 is 0 Å². The molecule has 5 nitrogen and oxygen atoms in total. The van der Waals surface area contributed by atoms with E-state index in [1.54, 1.807) is 0 Å². The first-order chi connectivity index (χ1) is 9.24. The summed E-state index contributed by atoms with van der Waals surface area (Å²) in [6.45, 7) is 6.05. The number of fused-ring (bicyclic) bond motifs is 2. The van der Waals surface area contributed by atoms with Crippen LogP contribution in [0.3, 0.4) is 0 Å². The van der Waals surface area contributed by atoms with E-state index >= 15 is 0 Å². The first-order valence-electron chi connectivity index (χ1n) is 6.36. The molecule has 2 heterocycles. The van der Waals surface area contributed by atoms with Crippen molar-refractivity contribution in [2.24, 2.45) is 0 Å². The lowest BCUT2D eigenvalue weighted by Gasteiger charge is -2.12. The first kappa shape index (κ1) is 12.2. The molecule has 1 aromatic heterocycles. The van der Waals surface area contributed by atoms with Crippen molar-refractivity contribution < 1.29 is 14.2 Å². The summed E-state index contributed by atoms with van der Waals surface area (Å²) in [6.07, 6.45) is 0. The molecule has 100 valence electrons. The highest BCUT2D eigenvalue weighted by atomic mass is 16.6. The average Bonchev–Trinajstić information content (AvgIpc) is 2.48. The van der Waals surface area contributed by atoms with Crippen LogP contribution in [-0.2, 0) is 4.74 Å². The van der Waals surface area contributed by atoms with Crippen molar-refractivity contribution in [3.8, 4) is 11.5 Å². The summed E-state index contributed by atoms with van der Waals surface area (Å²) in [6, 6.07) is 3.86. The molecule has 1 aromatic carbocycles. The Labute approximate surface area is 111 Å². The van der Waals surface area contributed by atoms with Crippen LogP contribution in [0.2, 0.25) is 0 Å². The molecule has 1 aliphatic rings. The summed E-state index contributed by atoms with van der Waals surface area (Å²) >= 11 is 0. The number of aromatic nitrogens is 2. The van der Waals surface area contributed by atoms with Crippen molar-refractivity contribution in [2.45, 2.75) is 13.8 Å². The van der Waals surface area contributed by atoms with Gasteiger partial charge < -0.3 is 14.2 Å². The van der Waals surface area contributed by atoms with Crippen LogP contribution < -0.4 is 9.47 Å². The molecular weight excluding hydrogens is 244 g/mol. The Morgan fingerprint density at radius 3 is 2.32 bits per heavy atom. The monoisotopic (exact) mass is 260 g/mol. The van der Waals surface area contributed by atoms with Gasteiger partial charge in [-0.2, -0.15) is 0 Å². The molecular formula is C14H16N2O3. The maximum absolute atomic E-state index is 5.70. The molecule has 0 fully saturated rings. The maximum Gasteiger partial charge on any atom is 0.163 e. The fraction of sp³-hybridized carbons (Fsp3) is 0.429. The van der Waals surface area contributed by atoms with E-state index in [-0.39, 0.29) is 0 Å². The van der Waals surface area contributed by atoms with Gasteiger partial charge in [-0.15, -0.1) is 0 Å². The lowest BCUT2D eigenvalue weighted by Crippen LogP contribution is -2.08. The fourth-order valence-electron chi connectivity index (χ4n) is 2.18. The lowest BCUT2D eigenvalue weighted by molar-refractivity contribution is 0.0877. The van der Waals surface area contributed by atoms with Crippen molar-refractivity contribution in [1.29, 1.82) is 0 Å². The largest absolute Gasteiger partial charge is 0.487 e. The Kier molecular flexibility index (Phi) is 3.21. The summed E-state index contributed by atoms with van der Waals surface area (Å²) in [5.41, 5.74) is 1.83. The van der Waals surface area contributed by atoms with Crippen molar-refractivity contribution in [3.63, 3.8) is 0 Å². The molecule has 19 heavy (non-hydrogen) atoms. The normalized spacial score (nSPS) is 15.7. The molecule has 2 aromatic rings. The van der Waals surface area contributed by atoms with Gasteiger partial charge in [-0.3, -0.25) is 0 Å². The quantitative estimate of drug-likeness (QED) is 0.725. The Morgan fingerprint density at radius 2 is 1.58 bits per heavy atom. The van der Waals surface area contributed by atoms with Gasteiger partial charge in [0.25, 0.3) is 0 Å². The molecule has 5 heteroatoms. The van der Waals surface area contributed by atoms with Crippen LogP contribution in [0.1, 0.15) is 11.5 Å². The average molecular weight is 260 g/mol. The third-order valence-corrected chi connectivity index (χ3v) is 3.03. The van der Waals surface area contributed by atoms with Gasteiger partial charge in [0, 0.05) is 17.1 Å². The molecule has 0 radical (unpaired) electrons. The van der Waals surface area contributed by atoms with Gasteiger partial charge in [0.05, 0.1) is 18.7 Å². The van der Waals surface area contributed by atoms with Crippen molar-refractivity contribution in [1.82, 2.24) is 9.97 Å². The Hall–Kier alpha value is -1.88. The summed E-state index contributed by atoms with van der Waals surface area (Å²) in [4.78, 5) is 8.82. The third-order valence-electron chi connectivity index (χ3n) is 3.03. The second-order valence-corrected chi connectivity index (χ2v) is 4.48. The zero-order valence-electron chi connectivity index (χ0n) is 11.1. The number of ether oxygens (including phenoxy) is 3. The van der Waals surface area contributed by atoms with Gasteiger partial charge in [-0.1, -0.05) is 0 Å². The first-order valence-corrected chi connectivity index (χ1v) is 6.36. The Bertz CT molecular complexity index is 613. The highest BCUT2D eigenvalue weighted by Gasteiger charge is 2.12. The molecule has 0 spiro atoms. The van der Waals surface area contributed by atoms with Gasteiger partial charge in [0.1, 0.15) is 19.0 Å². The number of hydrogen-bond acceptors (Lipinski definition) is 5. The smallest absolute Gasteiger partial charge is 0.163 e. The predicted octanol–water partition coefficient (Wildman–Crippen LogP) is 2.03. The van der Waals surface area contributed by atoms with Gasteiger partial charge >= 0.3 is 0 Å². The molecule has 0 unspecified atom stereocenters. The number of aryl methyl sites for hydroxylation is 2. The summed E-state index contributed by atoms with van der Waals surface area (Å²) in [5, 5.41) is 0.994. The van der Waals surface area contributed by atoms with E-state index in [1.807, 2.05) is 26.0 Å². The van der Waals surface area contributed by atoms with Crippen LogP contribution in [0.25, 0.3) is 10.9 Å². The van der Waals surface area contributed by atoms with E-state index in [1.165, 1.54) is 0 Å². The summed E-state index contributed by atoms with van der Waals surface area (Å²) in [7, 11) is 0.